The van der Waals surface area contributed by atoms with Crippen molar-refractivity contribution in [1.29, 1.82) is 0 Å². The Morgan fingerprint density at radius 3 is 2.64 bits per heavy atom. The zero-order valence-corrected chi connectivity index (χ0v) is 9.15. The fraction of sp³-hybridized carbons (Fsp3) is 0.300. The number of carbonyl (C=O) groups is 1. The van der Waals surface area contributed by atoms with Gasteiger partial charge in [0.15, 0.2) is 6.10 Å². The van der Waals surface area contributed by atoms with Crippen LogP contribution in [0.2, 0.25) is 0 Å². The highest BCUT2D eigenvalue weighted by atomic mass is 79.9. The Morgan fingerprint density at radius 2 is 2.07 bits per heavy atom. The van der Waals surface area contributed by atoms with Gasteiger partial charge in [0.2, 0.25) is 0 Å². The molecule has 74 valence electrons. The van der Waals surface area contributed by atoms with E-state index in [0.717, 1.165) is 10.0 Å². The average Bonchev–Trinajstić information content (AvgIpc) is 2.98. The van der Waals surface area contributed by atoms with Crippen LogP contribution in [-0.4, -0.2) is 19.2 Å². The number of ether oxygens (including phenoxy) is 2. The van der Waals surface area contributed by atoms with Crippen molar-refractivity contribution in [3.05, 3.63) is 34.3 Å². The van der Waals surface area contributed by atoms with E-state index in [1.54, 1.807) is 0 Å². The van der Waals surface area contributed by atoms with Gasteiger partial charge in [0.1, 0.15) is 6.10 Å². The molecule has 2 atom stereocenters. The first-order valence-corrected chi connectivity index (χ1v) is 5.00. The normalized spacial score (nSPS) is 24.4. The number of carbonyl (C=O) groups excluding carboxylic acids is 1. The highest BCUT2D eigenvalue weighted by Gasteiger charge is 2.47. The molecule has 14 heavy (non-hydrogen) atoms. The lowest BCUT2D eigenvalue weighted by Crippen LogP contribution is -2.09. The second-order valence-electron chi connectivity index (χ2n) is 3.05. The molecule has 2 rings (SSSR count). The highest BCUT2D eigenvalue weighted by Crippen LogP contribution is 2.39. The SMILES string of the molecule is COC(=O)[C@@H]1O[C@@H]1c1ccc(Br)cc1. The molecule has 0 saturated carbocycles. The molecule has 0 radical (unpaired) electrons. The van der Waals surface area contributed by atoms with Gasteiger partial charge in [-0.15, -0.1) is 0 Å². The van der Waals surface area contributed by atoms with Crippen molar-refractivity contribution in [2.45, 2.75) is 12.2 Å². The van der Waals surface area contributed by atoms with E-state index in [9.17, 15) is 4.79 Å². The van der Waals surface area contributed by atoms with E-state index in [1.165, 1.54) is 7.11 Å². The third-order valence-corrected chi connectivity index (χ3v) is 2.65. The van der Waals surface area contributed by atoms with Crippen LogP contribution in [-0.2, 0) is 14.3 Å². The molecule has 1 heterocycles. The molecule has 1 fully saturated rings. The third-order valence-electron chi connectivity index (χ3n) is 2.12. The molecule has 0 amide bonds. The minimum atomic E-state index is -0.416. The molecular formula is C10H9BrO3. The Kier molecular flexibility index (Phi) is 2.56. The Bertz CT molecular complexity index is 347. The molecule has 0 unspecified atom stereocenters. The van der Waals surface area contributed by atoms with Crippen molar-refractivity contribution in [2.24, 2.45) is 0 Å². The Morgan fingerprint density at radius 1 is 1.43 bits per heavy atom. The van der Waals surface area contributed by atoms with Gasteiger partial charge < -0.3 is 9.47 Å². The van der Waals surface area contributed by atoms with Crippen LogP contribution in [0.1, 0.15) is 11.7 Å². The minimum Gasteiger partial charge on any atom is -0.467 e. The first-order chi connectivity index (χ1) is 6.72. The van der Waals surface area contributed by atoms with Gasteiger partial charge >= 0.3 is 5.97 Å². The summed E-state index contributed by atoms with van der Waals surface area (Å²) < 4.78 is 10.8. The van der Waals surface area contributed by atoms with Gasteiger partial charge in [0.05, 0.1) is 7.11 Å². The van der Waals surface area contributed by atoms with E-state index >= 15 is 0 Å². The molecule has 1 aliphatic heterocycles. The van der Waals surface area contributed by atoms with Gasteiger partial charge in [-0.2, -0.15) is 0 Å². The number of hydrogen-bond donors (Lipinski definition) is 0. The number of hydrogen-bond acceptors (Lipinski definition) is 3. The van der Waals surface area contributed by atoms with Crippen molar-refractivity contribution in [3.63, 3.8) is 0 Å². The van der Waals surface area contributed by atoms with E-state index in [1.807, 2.05) is 24.3 Å². The zero-order valence-electron chi connectivity index (χ0n) is 7.57. The van der Waals surface area contributed by atoms with Crippen LogP contribution in [0.5, 0.6) is 0 Å². The molecule has 1 aliphatic rings. The van der Waals surface area contributed by atoms with Crippen LogP contribution in [0.25, 0.3) is 0 Å². The largest absolute Gasteiger partial charge is 0.467 e. The first-order valence-electron chi connectivity index (χ1n) is 4.21. The highest BCUT2D eigenvalue weighted by molar-refractivity contribution is 9.10. The van der Waals surface area contributed by atoms with Crippen molar-refractivity contribution in [1.82, 2.24) is 0 Å². The second-order valence-corrected chi connectivity index (χ2v) is 3.97. The third kappa shape index (κ3) is 1.81. The molecule has 1 saturated heterocycles. The predicted molar refractivity (Wildman–Crippen MR) is 53.8 cm³/mol. The van der Waals surface area contributed by atoms with Gasteiger partial charge in [0.25, 0.3) is 0 Å². The van der Waals surface area contributed by atoms with E-state index in [0.29, 0.717) is 0 Å². The number of methoxy groups -OCH3 is 1. The van der Waals surface area contributed by atoms with Crippen molar-refractivity contribution >= 4 is 21.9 Å². The summed E-state index contributed by atoms with van der Waals surface area (Å²) in [4.78, 5) is 11.1. The van der Waals surface area contributed by atoms with Crippen molar-refractivity contribution < 1.29 is 14.3 Å². The van der Waals surface area contributed by atoms with E-state index in [4.69, 9.17) is 4.74 Å². The number of epoxide rings is 1. The minimum absolute atomic E-state index is 0.129. The monoisotopic (exact) mass is 256 g/mol. The fourth-order valence-corrected chi connectivity index (χ4v) is 1.58. The van der Waals surface area contributed by atoms with Crippen LogP contribution in [0, 0.1) is 0 Å². The van der Waals surface area contributed by atoms with Crippen LogP contribution in [0.15, 0.2) is 28.7 Å². The fourth-order valence-electron chi connectivity index (χ4n) is 1.31. The lowest BCUT2D eigenvalue weighted by molar-refractivity contribution is -0.142. The first kappa shape index (κ1) is 9.68. The van der Waals surface area contributed by atoms with Crippen molar-refractivity contribution in [2.75, 3.05) is 7.11 Å². The topological polar surface area (TPSA) is 38.8 Å². The molecule has 0 N–H and O–H groups in total. The molecule has 4 heteroatoms. The quantitative estimate of drug-likeness (QED) is 0.601. The molecule has 0 aliphatic carbocycles. The van der Waals surface area contributed by atoms with Gasteiger partial charge in [-0.05, 0) is 17.7 Å². The molecule has 0 spiro atoms. The maximum absolute atomic E-state index is 11.1. The molecule has 1 aromatic rings. The smallest absolute Gasteiger partial charge is 0.338 e. The van der Waals surface area contributed by atoms with Gasteiger partial charge in [0, 0.05) is 4.47 Å². The number of benzene rings is 1. The molecule has 0 aromatic heterocycles. The maximum atomic E-state index is 11.1. The summed E-state index contributed by atoms with van der Waals surface area (Å²) in [6, 6.07) is 7.70. The summed E-state index contributed by atoms with van der Waals surface area (Å²) in [6.07, 6.45) is -0.545. The van der Waals surface area contributed by atoms with Gasteiger partial charge in [-0.3, -0.25) is 0 Å². The molecule has 0 bridgehead atoms. The average molecular weight is 257 g/mol. The van der Waals surface area contributed by atoms with Crippen LogP contribution in [0.4, 0.5) is 0 Å². The summed E-state index contributed by atoms with van der Waals surface area (Å²) in [5.41, 5.74) is 1.00. The summed E-state index contributed by atoms with van der Waals surface area (Å²) in [5.74, 6) is -0.307. The number of halogens is 1. The Labute approximate surface area is 90.1 Å². The lowest BCUT2D eigenvalue weighted by Gasteiger charge is -1.95. The van der Waals surface area contributed by atoms with E-state index in [2.05, 4.69) is 20.7 Å². The summed E-state index contributed by atoms with van der Waals surface area (Å²) in [5, 5.41) is 0. The standard InChI is InChI=1S/C10H9BrO3/c1-13-10(12)9-8(14-9)6-2-4-7(11)5-3-6/h2-5,8-9H,1H3/t8-,9-/m1/s1. The molecule has 1 aromatic carbocycles. The second kappa shape index (κ2) is 3.71. The molecule has 3 nitrogen and oxygen atoms in total. The zero-order chi connectivity index (χ0) is 10.1. The van der Waals surface area contributed by atoms with Crippen LogP contribution < -0.4 is 0 Å². The Hall–Kier alpha value is -0.870. The predicted octanol–water partition coefficient (Wildman–Crippen LogP) is 2.06. The molecular weight excluding hydrogens is 248 g/mol. The maximum Gasteiger partial charge on any atom is 0.338 e. The van der Waals surface area contributed by atoms with Gasteiger partial charge in [-0.25, -0.2) is 4.79 Å². The Balaban J connectivity index is 2.06. The number of esters is 1. The van der Waals surface area contributed by atoms with Crippen LogP contribution >= 0.6 is 15.9 Å². The van der Waals surface area contributed by atoms with Crippen LogP contribution in [0.3, 0.4) is 0 Å². The lowest BCUT2D eigenvalue weighted by atomic mass is 10.1. The van der Waals surface area contributed by atoms with Gasteiger partial charge in [-0.1, -0.05) is 28.1 Å². The van der Waals surface area contributed by atoms with Crippen molar-refractivity contribution in [3.8, 4) is 0 Å². The summed E-state index contributed by atoms with van der Waals surface area (Å²) >= 11 is 3.34. The summed E-state index contributed by atoms with van der Waals surface area (Å²) in [7, 11) is 1.36. The number of rotatable bonds is 2. The summed E-state index contributed by atoms with van der Waals surface area (Å²) in [6.45, 7) is 0. The van der Waals surface area contributed by atoms with E-state index < -0.39 is 6.10 Å². The van der Waals surface area contributed by atoms with E-state index in [-0.39, 0.29) is 12.1 Å².